The van der Waals surface area contributed by atoms with Crippen molar-refractivity contribution in [2.24, 2.45) is 5.92 Å². The summed E-state index contributed by atoms with van der Waals surface area (Å²) in [6, 6.07) is 15.1. The molecule has 5 nitrogen and oxygen atoms in total. The Morgan fingerprint density at radius 3 is 2.68 bits per heavy atom. The molecule has 2 saturated carbocycles. The highest BCUT2D eigenvalue weighted by atomic mass is 16.5. The fourth-order valence-corrected chi connectivity index (χ4v) is 8.57. The average molecular weight is 503 g/mol. The third kappa shape index (κ3) is 3.60. The Morgan fingerprint density at radius 2 is 1.89 bits per heavy atom. The molecule has 5 atom stereocenters. The molecule has 7 rings (SSSR count). The fraction of sp³-hybridized carbons (Fsp3) is 0.625. The smallest absolute Gasteiger partial charge is 0.165 e. The third-order valence-electron chi connectivity index (χ3n) is 10.5. The second-order valence-electron chi connectivity index (χ2n) is 12.6. The van der Waals surface area contributed by atoms with E-state index in [0.717, 1.165) is 63.3 Å². The van der Waals surface area contributed by atoms with Gasteiger partial charge in [-0.2, -0.15) is 0 Å². The van der Waals surface area contributed by atoms with E-state index < -0.39 is 11.0 Å². The van der Waals surface area contributed by atoms with Gasteiger partial charge >= 0.3 is 0 Å². The first kappa shape index (κ1) is 24.0. The Labute approximate surface area is 221 Å². The van der Waals surface area contributed by atoms with Crippen LogP contribution in [0.4, 0.5) is 0 Å². The summed E-state index contributed by atoms with van der Waals surface area (Å²) in [5, 5.41) is 23.8. The van der Waals surface area contributed by atoms with Gasteiger partial charge in [0.15, 0.2) is 11.5 Å². The van der Waals surface area contributed by atoms with Crippen LogP contribution in [-0.2, 0) is 18.4 Å². The Bertz CT molecular complexity index is 1150. The minimum Gasteiger partial charge on any atom is -0.504 e. The Balaban J connectivity index is 1.29. The van der Waals surface area contributed by atoms with Crippen molar-refractivity contribution in [3.63, 3.8) is 0 Å². The molecule has 37 heavy (non-hydrogen) atoms. The zero-order valence-corrected chi connectivity index (χ0v) is 22.2. The van der Waals surface area contributed by atoms with Crippen LogP contribution >= 0.6 is 0 Å². The number of likely N-dealkylation sites (tertiary alicyclic amines) is 1. The average Bonchev–Trinajstić information content (AvgIpc) is 3.64. The zero-order valence-electron chi connectivity index (χ0n) is 22.2. The summed E-state index contributed by atoms with van der Waals surface area (Å²) in [4.78, 5) is 5.27. The van der Waals surface area contributed by atoms with Crippen LogP contribution in [0.25, 0.3) is 0 Å². The summed E-state index contributed by atoms with van der Waals surface area (Å²) in [5.41, 5.74) is 2.50. The number of aliphatic hydroxyl groups is 1. The molecule has 0 aromatic heterocycles. The monoisotopic (exact) mass is 502 g/mol. The lowest BCUT2D eigenvalue weighted by Gasteiger charge is -2.65. The molecule has 5 heteroatoms. The Hall–Kier alpha value is -2.08. The summed E-state index contributed by atoms with van der Waals surface area (Å²) in [6.07, 6.45) is 9.63. The fourth-order valence-electron chi connectivity index (χ4n) is 8.57. The normalized spacial score (nSPS) is 33.9. The van der Waals surface area contributed by atoms with Crippen molar-refractivity contribution in [2.45, 2.75) is 100 Å². The van der Waals surface area contributed by atoms with E-state index in [-0.39, 0.29) is 23.9 Å². The zero-order chi connectivity index (χ0) is 25.2. The second kappa shape index (κ2) is 9.00. The van der Waals surface area contributed by atoms with Crippen LogP contribution in [0, 0.1) is 5.92 Å². The molecule has 2 N–H and O–H groups in total. The van der Waals surface area contributed by atoms with Crippen molar-refractivity contribution in [2.75, 3.05) is 19.6 Å². The van der Waals surface area contributed by atoms with Crippen LogP contribution in [0.2, 0.25) is 0 Å². The number of benzene rings is 2. The Kier molecular flexibility index (Phi) is 5.83. The summed E-state index contributed by atoms with van der Waals surface area (Å²) in [6.45, 7) is 6.33. The standard InChI is InChI=1S/C32H42N2O3/c1-2-3-7-17-33(20-22-8-5-4-6-9-22)25-14-15-32(36)27-19-24-12-13-26(35)29-28(24)31(32,30(25)37-29)16-18-34(27)21-23-10-11-23/h4-6,8-9,12-13,23,25,27,30,35-36H,2-3,7,10-11,14-21H2,1H3/t25-,27+,30-,31-,32+/m0/s1. The molecule has 0 unspecified atom stereocenters. The lowest BCUT2D eigenvalue weighted by atomic mass is 9.48. The lowest BCUT2D eigenvalue weighted by Crippen LogP contribution is -2.78. The van der Waals surface area contributed by atoms with Crippen molar-refractivity contribution in [1.82, 2.24) is 9.80 Å². The van der Waals surface area contributed by atoms with Gasteiger partial charge in [0, 0.05) is 30.7 Å². The molecule has 0 amide bonds. The summed E-state index contributed by atoms with van der Waals surface area (Å²) >= 11 is 0. The summed E-state index contributed by atoms with van der Waals surface area (Å²) in [7, 11) is 0. The number of phenolic OH excluding ortho intramolecular Hbond substituents is 1. The van der Waals surface area contributed by atoms with Gasteiger partial charge in [0.2, 0.25) is 0 Å². The van der Waals surface area contributed by atoms with E-state index in [1.54, 1.807) is 0 Å². The molecule has 2 bridgehead atoms. The van der Waals surface area contributed by atoms with E-state index in [4.69, 9.17) is 4.74 Å². The molecule has 3 aliphatic carbocycles. The topological polar surface area (TPSA) is 56.2 Å². The molecular formula is C32H42N2O3. The number of hydrogen-bond acceptors (Lipinski definition) is 5. The molecule has 0 radical (unpaired) electrons. The predicted octanol–water partition coefficient (Wildman–Crippen LogP) is 5.02. The molecule has 1 saturated heterocycles. The van der Waals surface area contributed by atoms with Crippen molar-refractivity contribution in [1.29, 1.82) is 0 Å². The maximum absolute atomic E-state index is 12.8. The number of phenols is 1. The second-order valence-corrected chi connectivity index (χ2v) is 12.6. The number of aromatic hydroxyl groups is 1. The van der Waals surface area contributed by atoms with Gasteiger partial charge in [0.25, 0.3) is 0 Å². The molecule has 198 valence electrons. The first-order valence-corrected chi connectivity index (χ1v) is 14.8. The Morgan fingerprint density at radius 1 is 1.05 bits per heavy atom. The van der Waals surface area contributed by atoms with Crippen LogP contribution < -0.4 is 4.74 Å². The van der Waals surface area contributed by atoms with Crippen molar-refractivity contribution in [3.05, 3.63) is 59.2 Å². The summed E-state index contributed by atoms with van der Waals surface area (Å²) in [5.74, 6) is 1.71. The number of unbranched alkanes of at least 4 members (excludes halogenated alkanes) is 2. The number of ether oxygens (including phenoxy) is 1. The number of nitrogens with zero attached hydrogens (tertiary/aromatic N) is 2. The largest absolute Gasteiger partial charge is 0.504 e. The van der Waals surface area contributed by atoms with Crippen molar-refractivity contribution < 1.29 is 14.9 Å². The van der Waals surface area contributed by atoms with E-state index in [0.29, 0.717) is 5.75 Å². The quantitative estimate of drug-likeness (QED) is 0.472. The van der Waals surface area contributed by atoms with E-state index >= 15 is 0 Å². The van der Waals surface area contributed by atoms with Crippen LogP contribution in [0.5, 0.6) is 11.5 Å². The van der Waals surface area contributed by atoms with Gasteiger partial charge in [0.05, 0.1) is 11.0 Å². The minimum atomic E-state index is -0.810. The van der Waals surface area contributed by atoms with E-state index in [1.807, 2.05) is 6.07 Å². The highest BCUT2D eigenvalue weighted by molar-refractivity contribution is 5.62. The van der Waals surface area contributed by atoms with Crippen LogP contribution in [-0.4, -0.2) is 63.4 Å². The first-order valence-electron chi connectivity index (χ1n) is 14.8. The van der Waals surface area contributed by atoms with Crippen molar-refractivity contribution in [3.8, 4) is 11.5 Å². The van der Waals surface area contributed by atoms with Gasteiger partial charge < -0.3 is 14.9 Å². The van der Waals surface area contributed by atoms with Gasteiger partial charge in [-0.15, -0.1) is 0 Å². The first-order chi connectivity index (χ1) is 18.0. The molecule has 2 aliphatic heterocycles. The maximum Gasteiger partial charge on any atom is 0.165 e. The molecule has 1 spiro atoms. The highest BCUT2D eigenvalue weighted by Crippen LogP contribution is 2.66. The molecular weight excluding hydrogens is 460 g/mol. The number of rotatable bonds is 9. The van der Waals surface area contributed by atoms with Crippen LogP contribution in [0.3, 0.4) is 0 Å². The third-order valence-corrected chi connectivity index (χ3v) is 10.5. The van der Waals surface area contributed by atoms with Gasteiger partial charge in [-0.1, -0.05) is 56.2 Å². The summed E-state index contributed by atoms with van der Waals surface area (Å²) < 4.78 is 6.87. The SMILES string of the molecule is CCCCCN(Cc1ccccc1)[C@H]1CC[C@@]2(O)[C@H]3Cc4ccc(O)c5c4[C@@]2(CCN3CC2CC2)[C@H]1O5. The minimum absolute atomic E-state index is 0.135. The molecule has 5 aliphatic rings. The lowest BCUT2D eigenvalue weighted by molar-refractivity contribution is -0.201. The molecule has 2 aromatic carbocycles. The highest BCUT2D eigenvalue weighted by Gasteiger charge is 2.73. The van der Waals surface area contributed by atoms with Crippen molar-refractivity contribution >= 4 is 0 Å². The number of hydrogen-bond donors (Lipinski definition) is 2. The number of piperidine rings is 1. The van der Waals surface area contributed by atoms with Gasteiger partial charge in [-0.3, -0.25) is 9.80 Å². The van der Waals surface area contributed by atoms with Gasteiger partial charge in [-0.05, 0) is 81.1 Å². The van der Waals surface area contributed by atoms with E-state index in [9.17, 15) is 10.2 Å². The predicted molar refractivity (Wildman–Crippen MR) is 145 cm³/mol. The van der Waals surface area contributed by atoms with Gasteiger partial charge in [0.1, 0.15) is 6.10 Å². The molecule has 3 fully saturated rings. The van der Waals surface area contributed by atoms with Crippen LogP contribution in [0.15, 0.2) is 42.5 Å². The van der Waals surface area contributed by atoms with E-state index in [2.05, 4.69) is 53.1 Å². The van der Waals surface area contributed by atoms with Gasteiger partial charge in [-0.25, -0.2) is 0 Å². The molecule has 2 heterocycles. The van der Waals surface area contributed by atoms with Crippen LogP contribution in [0.1, 0.15) is 75.0 Å². The molecule has 2 aromatic rings. The van der Waals surface area contributed by atoms with E-state index in [1.165, 1.54) is 43.2 Å². The maximum atomic E-state index is 12.8.